The highest BCUT2D eigenvalue weighted by atomic mass is 17.6. The molecule has 0 N–H and O–H groups in total. The Kier molecular flexibility index (Phi) is 21.3. The predicted molar refractivity (Wildman–Crippen MR) is 111 cm³/mol. The van der Waals surface area contributed by atoms with Crippen molar-refractivity contribution in [2.24, 2.45) is 11.8 Å². The molecule has 2 unspecified atom stereocenters. The third kappa shape index (κ3) is 16.7. The van der Waals surface area contributed by atoms with Crippen LogP contribution < -0.4 is 0 Å². The number of unbranched alkanes of at least 4 members (excludes halogenated alkanes) is 4. The summed E-state index contributed by atoms with van der Waals surface area (Å²) in [6.45, 7) is 11.9. The summed E-state index contributed by atoms with van der Waals surface area (Å²) < 4.78 is 0. The highest BCUT2D eigenvalue weighted by Crippen LogP contribution is 2.16. The Balaban J connectivity index is 4.06. The van der Waals surface area contributed by atoms with Gasteiger partial charge in [0.1, 0.15) is 0 Å². The summed E-state index contributed by atoms with van der Waals surface area (Å²) in [7, 11) is 0. The van der Waals surface area contributed by atoms with Crippen LogP contribution in [-0.4, -0.2) is 19.5 Å². The molecule has 0 aromatic rings. The van der Waals surface area contributed by atoms with Crippen LogP contribution in [-0.2, 0) is 29.6 Å². The zero-order chi connectivity index (χ0) is 20.9. The molecule has 0 saturated heterocycles. The van der Waals surface area contributed by atoms with Crippen molar-refractivity contribution in [1.29, 1.82) is 0 Å². The minimum absolute atomic E-state index is 0.483. The average Bonchev–Trinajstić information content (AvgIpc) is 2.72. The minimum Gasteiger partial charge on any atom is -0.206 e. The summed E-state index contributed by atoms with van der Waals surface area (Å²) in [5.41, 5.74) is 0. The van der Waals surface area contributed by atoms with Gasteiger partial charge in [0.15, 0.2) is 0 Å². The Hall–Kier alpha value is -0.240. The molecule has 6 heteroatoms. The molecule has 28 heavy (non-hydrogen) atoms. The van der Waals surface area contributed by atoms with Crippen LogP contribution in [0.25, 0.3) is 0 Å². The van der Waals surface area contributed by atoms with E-state index in [1.165, 1.54) is 25.7 Å². The summed E-state index contributed by atoms with van der Waals surface area (Å²) >= 11 is 0. The van der Waals surface area contributed by atoms with Crippen LogP contribution in [0.15, 0.2) is 0 Å². The van der Waals surface area contributed by atoms with Crippen molar-refractivity contribution in [3.05, 3.63) is 0 Å². The molecule has 0 aromatic carbocycles. The molecular weight excluding hydrogens is 360 g/mol. The molecular formula is C22H46O6. The molecule has 0 rings (SSSR count). The van der Waals surface area contributed by atoms with Gasteiger partial charge in [-0.2, -0.15) is 9.78 Å². The van der Waals surface area contributed by atoms with Crippen LogP contribution in [0.1, 0.15) is 112 Å². The van der Waals surface area contributed by atoms with E-state index in [1.807, 2.05) is 0 Å². The minimum atomic E-state index is -0.669. The van der Waals surface area contributed by atoms with Gasteiger partial charge in [0, 0.05) is 6.42 Å². The second-order valence-electron chi connectivity index (χ2n) is 7.66. The first-order valence-electron chi connectivity index (χ1n) is 11.6. The monoisotopic (exact) mass is 406 g/mol. The fourth-order valence-corrected chi connectivity index (χ4v) is 2.86. The van der Waals surface area contributed by atoms with Gasteiger partial charge in [-0.05, 0) is 31.1 Å². The van der Waals surface area contributed by atoms with Gasteiger partial charge in [0.05, 0.1) is 13.2 Å². The van der Waals surface area contributed by atoms with Crippen molar-refractivity contribution in [2.75, 3.05) is 13.2 Å². The van der Waals surface area contributed by atoms with Crippen molar-refractivity contribution < 1.29 is 29.6 Å². The lowest BCUT2D eigenvalue weighted by Crippen LogP contribution is -2.20. The summed E-state index contributed by atoms with van der Waals surface area (Å²) in [6.07, 6.45) is 12.3. The fourth-order valence-electron chi connectivity index (χ4n) is 2.86. The number of rotatable bonds is 22. The van der Waals surface area contributed by atoms with Gasteiger partial charge in [-0.3, -0.25) is 0 Å². The van der Waals surface area contributed by atoms with Gasteiger partial charge >= 0.3 is 0 Å². The molecule has 0 fully saturated rings. The third-order valence-electron chi connectivity index (χ3n) is 5.13. The van der Waals surface area contributed by atoms with E-state index in [1.54, 1.807) is 0 Å². The first-order valence-corrected chi connectivity index (χ1v) is 11.6. The first-order chi connectivity index (χ1) is 13.7. The van der Waals surface area contributed by atoms with E-state index < -0.39 is 6.29 Å². The van der Waals surface area contributed by atoms with Crippen molar-refractivity contribution in [2.45, 2.75) is 118 Å². The van der Waals surface area contributed by atoms with Crippen LogP contribution in [0.3, 0.4) is 0 Å². The van der Waals surface area contributed by atoms with E-state index in [9.17, 15) is 0 Å². The smallest absolute Gasteiger partial charge is 0.206 e. The van der Waals surface area contributed by atoms with E-state index >= 15 is 0 Å². The molecule has 2 atom stereocenters. The summed E-state index contributed by atoms with van der Waals surface area (Å²) in [5, 5.41) is 9.86. The van der Waals surface area contributed by atoms with Crippen molar-refractivity contribution in [3.8, 4) is 0 Å². The quantitative estimate of drug-likeness (QED) is 0.0828. The Morgan fingerprint density at radius 1 is 0.536 bits per heavy atom. The van der Waals surface area contributed by atoms with Crippen LogP contribution in [0, 0.1) is 11.8 Å². The molecule has 0 aliphatic rings. The highest BCUT2D eigenvalue weighted by molar-refractivity contribution is 4.55. The molecule has 0 radical (unpaired) electrons. The molecule has 0 aliphatic heterocycles. The molecule has 0 amide bonds. The maximum Gasteiger partial charge on any atom is 0.230 e. The van der Waals surface area contributed by atoms with E-state index in [0.29, 0.717) is 31.5 Å². The van der Waals surface area contributed by atoms with E-state index in [0.717, 1.165) is 44.9 Å². The van der Waals surface area contributed by atoms with Crippen LogP contribution in [0.5, 0.6) is 0 Å². The zero-order valence-electron chi connectivity index (χ0n) is 19.1. The molecule has 0 saturated carbocycles. The summed E-state index contributed by atoms with van der Waals surface area (Å²) in [5.74, 6) is 0.966. The first kappa shape index (κ1) is 27.8. The largest absolute Gasteiger partial charge is 0.230 e. The summed E-state index contributed by atoms with van der Waals surface area (Å²) in [6, 6.07) is 0. The van der Waals surface area contributed by atoms with Gasteiger partial charge in [-0.15, -0.1) is 0 Å². The second kappa shape index (κ2) is 21.5. The topological polar surface area (TPSA) is 55.4 Å². The van der Waals surface area contributed by atoms with Gasteiger partial charge in [0.25, 0.3) is 0 Å². The molecule has 0 aliphatic carbocycles. The fraction of sp³-hybridized carbons (Fsp3) is 1.00. The predicted octanol–water partition coefficient (Wildman–Crippen LogP) is 7.09. The number of hydrogen-bond donors (Lipinski definition) is 0. The highest BCUT2D eigenvalue weighted by Gasteiger charge is 2.15. The lowest BCUT2D eigenvalue weighted by molar-refractivity contribution is -0.616. The molecule has 0 spiro atoms. The maximum absolute atomic E-state index is 5.24. The molecule has 0 aromatic heterocycles. The molecule has 0 bridgehead atoms. The SMILES string of the molecule is CCCCCC(OOOCC(CC)CCCC)OOOCC(CC)CCCC. The van der Waals surface area contributed by atoms with E-state index in [4.69, 9.17) is 29.6 Å². The Morgan fingerprint density at radius 2 is 1.00 bits per heavy atom. The van der Waals surface area contributed by atoms with E-state index in [2.05, 4.69) is 34.6 Å². The standard InChI is InChI=1S/C22H46O6/c1-6-11-14-17-22(25-27-23-18-20(9-4)15-12-7-2)26-28-24-19-21(10-5)16-13-8-3/h20-22H,6-19H2,1-5H3. The Bertz CT molecular complexity index is 279. The lowest BCUT2D eigenvalue weighted by Gasteiger charge is -2.17. The zero-order valence-corrected chi connectivity index (χ0v) is 19.1. The summed E-state index contributed by atoms with van der Waals surface area (Å²) in [4.78, 5) is 20.9. The van der Waals surface area contributed by atoms with Crippen molar-refractivity contribution >= 4 is 0 Å². The van der Waals surface area contributed by atoms with Crippen LogP contribution >= 0.6 is 0 Å². The van der Waals surface area contributed by atoms with Gasteiger partial charge < -0.3 is 0 Å². The normalized spacial score (nSPS) is 14.9. The number of hydrogen-bond acceptors (Lipinski definition) is 6. The van der Waals surface area contributed by atoms with Crippen LogP contribution in [0.4, 0.5) is 0 Å². The van der Waals surface area contributed by atoms with Crippen molar-refractivity contribution in [1.82, 2.24) is 0 Å². The Labute approximate surface area is 173 Å². The van der Waals surface area contributed by atoms with Crippen molar-refractivity contribution in [3.63, 3.8) is 0 Å². The van der Waals surface area contributed by atoms with Gasteiger partial charge in [-0.25, -0.2) is 9.78 Å². The average molecular weight is 407 g/mol. The Morgan fingerprint density at radius 3 is 1.39 bits per heavy atom. The lowest BCUT2D eigenvalue weighted by atomic mass is 10.0. The van der Waals surface area contributed by atoms with E-state index in [-0.39, 0.29) is 0 Å². The maximum atomic E-state index is 5.24. The van der Waals surface area contributed by atoms with Gasteiger partial charge in [0.2, 0.25) is 6.29 Å². The van der Waals surface area contributed by atoms with Crippen LogP contribution in [0.2, 0.25) is 0 Å². The molecule has 6 nitrogen and oxygen atoms in total. The van der Waals surface area contributed by atoms with Gasteiger partial charge in [-0.1, -0.05) is 96.1 Å². The molecule has 170 valence electrons. The second-order valence-corrected chi connectivity index (χ2v) is 7.66. The third-order valence-corrected chi connectivity index (χ3v) is 5.13. The molecule has 0 heterocycles.